The molecule has 0 saturated heterocycles. The van der Waals surface area contributed by atoms with Gasteiger partial charge in [-0.15, -0.1) is 0 Å². The van der Waals surface area contributed by atoms with E-state index in [9.17, 15) is 4.39 Å². The number of aryl methyl sites for hydroxylation is 2. The summed E-state index contributed by atoms with van der Waals surface area (Å²) < 4.78 is 14.9. The van der Waals surface area contributed by atoms with Gasteiger partial charge in [0.05, 0.1) is 0 Å². The quantitative estimate of drug-likeness (QED) is 0.879. The summed E-state index contributed by atoms with van der Waals surface area (Å²) in [6.07, 6.45) is 3.39. The monoisotopic (exact) mass is 233 g/mol. The second-order valence-corrected chi connectivity index (χ2v) is 4.15. The first-order valence-electron chi connectivity index (χ1n) is 5.65. The number of hydrogen-bond donors (Lipinski definition) is 1. The fourth-order valence-corrected chi connectivity index (χ4v) is 1.85. The van der Waals surface area contributed by atoms with Gasteiger partial charge >= 0.3 is 0 Å². The maximum absolute atomic E-state index is 13.0. The summed E-state index contributed by atoms with van der Waals surface area (Å²) in [6, 6.07) is 8.30. The lowest BCUT2D eigenvalue weighted by Crippen LogP contribution is -2.12. The van der Waals surface area contributed by atoms with Gasteiger partial charge in [-0.05, 0) is 36.6 Å². The van der Waals surface area contributed by atoms with Crippen molar-refractivity contribution in [2.24, 2.45) is 12.8 Å². The molecule has 2 aromatic rings. The van der Waals surface area contributed by atoms with Crippen LogP contribution in [0.2, 0.25) is 0 Å². The fourth-order valence-electron chi connectivity index (χ4n) is 1.85. The first kappa shape index (κ1) is 11.8. The second kappa shape index (κ2) is 5.10. The van der Waals surface area contributed by atoms with Gasteiger partial charge < -0.3 is 5.73 Å². The van der Waals surface area contributed by atoms with E-state index in [1.807, 2.05) is 23.9 Å². The molecule has 1 aromatic heterocycles. The summed E-state index contributed by atoms with van der Waals surface area (Å²) in [4.78, 5) is 0. The first-order valence-corrected chi connectivity index (χ1v) is 5.65. The smallest absolute Gasteiger partial charge is 0.123 e. The Hall–Kier alpha value is -1.68. The molecule has 3 nitrogen and oxygen atoms in total. The molecule has 90 valence electrons. The minimum absolute atomic E-state index is 0.138. The third-order valence-corrected chi connectivity index (χ3v) is 2.91. The number of hydrogen-bond acceptors (Lipinski definition) is 2. The number of rotatable bonds is 4. The summed E-state index contributed by atoms with van der Waals surface area (Å²) in [5.41, 5.74) is 8.01. The van der Waals surface area contributed by atoms with Crippen LogP contribution in [0.25, 0.3) is 0 Å². The molecule has 0 aliphatic heterocycles. The molecule has 0 bridgehead atoms. The van der Waals surface area contributed by atoms with Gasteiger partial charge in [0.25, 0.3) is 0 Å². The minimum Gasteiger partial charge on any atom is -0.324 e. The van der Waals surface area contributed by atoms with Gasteiger partial charge in [-0.2, -0.15) is 5.10 Å². The Morgan fingerprint density at radius 1 is 1.41 bits per heavy atom. The van der Waals surface area contributed by atoms with E-state index < -0.39 is 0 Å². The van der Waals surface area contributed by atoms with Crippen molar-refractivity contribution in [3.05, 3.63) is 53.6 Å². The molecule has 1 atom stereocenters. The number of halogens is 1. The average Bonchev–Trinajstić information content (AvgIpc) is 2.72. The summed E-state index contributed by atoms with van der Waals surface area (Å²) in [7, 11) is 1.91. The normalized spacial score (nSPS) is 12.6. The first-order chi connectivity index (χ1) is 8.16. The van der Waals surface area contributed by atoms with E-state index in [0.717, 1.165) is 24.1 Å². The van der Waals surface area contributed by atoms with Crippen LogP contribution in [-0.2, 0) is 13.5 Å². The molecular weight excluding hydrogens is 217 g/mol. The molecular formula is C13H16FN3. The Morgan fingerprint density at radius 3 is 2.88 bits per heavy atom. The molecule has 2 N–H and O–H groups in total. The summed E-state index contributed by atoms with van der Waals surface area (Å²) >= 11 is 0. The SMILES string of the molecule is Cn1nccc1CCC(N)c1cccc(F)c1. The Kier molecular flexibility index (Phi) is 3.54. The van der Waals surface area contributed by atoms with Crippen molar-refractivity contribution in [3.63, 3.8) is 0 Å². The van der Waals surface area contributed by atoms with Crippen molar-refractivity contribution in [1.82, 2.24) is 9.78 Å². The Labute approximate surface area is 100 Å². The van der Waals surface area contributed by atoms with Gasteiger partial charge in [-0.1, -0.05) is 12.1 Å². The van der Waals surface area contributed by atoms with Gasteiger partial charge in [-0.25, -0.2) is 4.39 Å². The standard InChI is InChI=1S/C13H16FN3/c1-17-12(7-8-16-17)5-6-13(15)10-3-2-4-11(14)9-10/h2-4,7-9,13H,5-6,15H2,1H3. The van der Waals surface area contributed by atoms with Crippen LogP contribution in [0.3, 0.4) is 0 Å². The van der Waals surface area contributed by atoms with Crippen LogP contribution in [0.1, 0.15) is 23.7 Å². The van der Waals surface area contributed by atoms with Gasteiger partial charge in [-0.3, -0.25) is 4.68 Å². The van der Waals surface area contributed by atoms with Crippen LogP contribution in [0.4, 0.5) is 4.39 Å². The lowest BCUT2D eigenvalue weighted by Gasteiger charge is -2.12. The lowest BCUT2D eigenvalue weighted by molar-refractivity contribution is 0.596. The maximum Gasteiger partial charge on any atom is 0.123 e. The van der Waals surface area contributed by atoms with Gasteiger partial charge in [0.15, 0.2) is 0 Å². The highest BCUT2D eigenvalue weighted by atomic mass is 19.1. The van der Waals surface area contributed by atoms with E-state index in [1.165, 1.54) is 12.1 Å². The van der Waals surface area contributed by atoms with Crippen LogP contribution in [-0.4, -0.2) is 9.78 Å². The van der Waals surface area contributed by atoms with Crippen molar-refractivity contribution < 1.29 is 4.39 Å². The van der Waals surface area contributed by atoms with Crippen molar-refractivity contribution in [1.29, 1.82) is 0 Å². The van der Waals surface area contributed by atoms with Crippen molar-refractivity contribution >= 4 is 0 Å². The Balaban J connectivity index is 1.98. The predicted molar refractivity (Wildman–Crippen MR) is 64.9 cm³/mol. The molecule has 1 heterocycles. The molecule has 0 spiro atoms. The zero-order valence-corrected chi connectivity index (χ0v) is 9.81. The second-order valence-electron chi connectivity index (χ2n) is 4.15. The van der Waals surface area contributed by atoms with Crippen LogP contribution < -0.4 is 5.73 Å². The largest absolute Gasteiger partial charge is 0.324 e. The van der Waals surface area contributed by atoms with Crippen LogP contribution in [0.15, 0.2) is 36.5 Å². The van der Waals surface area contributed by atoms with Crippen molar-refractivity contribution in [2.75, 3.05) is 0 Å². The zero-order valence-electron chi connectivity index (χ0n) is 9.81. The van der Waals surface area contributed by atoms with Gasteiger partial charge in [0.2, 0.25) is 0 Å². The molecule has 1 aromatic carbocycles. The van der Waals surface area contributed by atoms with Crippen LogP contribution in [0.5, 0.6) is 0 Å². The van der Waals surface area contributed by atoms with Crippen LogP contribution in [0, 0.1) is 5.82 Å². The molecule has 2 rings (SSSR count). The lowest BCUT2D eigenvalue weighted by atomic mass is 10.0. The number of benzene rings is 1. The number of aromatic nitrogens is 2. The van der Waals surface area contributed by atoms with Crippen molar-refractivity contribution in [3.8, 4) is 0 Å². The van der Waals surface area contributed by atoms with E-state index >= 15 is 0 Å². The highest BCUT2D eigenvalue weighted by Gasteiger charge is 2.08. The van der Waals surface area contributed by atoms with E-state index in [-0.39, 0.29) is 11.9 Å². The predicted octanol–water partition coefficient (Wildman–Crippen LogP) is 2.19. The molecule has 0 fully saturated rings. The van der Waals surface area contributed by atoms with Gasteiger partial charge in [0.1, 0.15) is 5.82 Å². The molecule has 0 radical (unpaired) electrons. The molecule has 0 aliphatic rings. The average molecular weight is 233 g/mol. The molecule has 17 heavy (non-hydrogen) atoms. The van der Waals surface area contributed by atoms with E-state index in [1.54, 1.807) is 12.3 Å². The topological polar surface area (TPSA) is 43.8 Å². The zero-order chi connectivity index (χ0) is 12.3. The van der Waals surface area contributed by atoms with Crippen molar-refractivity contribution in [2.45, 2.75) is 18.9 Å². The molecule has 1 unspecified atom stereocenters. The number of nitrogens with two attached hydrogens (primary N) is 1. The van der Waals surface area contributed by atoms with E-state index in [0.29, 0.717) is 0 Å². The molecule has 0 aliphatic carbocycles. The highest BCUT2D eigenvalue weighted by molar-refractivity contribution is 5.20. The van der Waals surface area contributed by atoms with Gasteiger partial charge in [0, 0.05) is 25.0 Å². The summed E-state index contributed by atoms with van der Waals surface area (Å²) in [5.74, 6) is -0.238. The molecule has 0 amide bonds. The van der Waals surface area contributed by atoms with Crippen LogP contribution >= 0.6 is 0 Å². The van der Waals surface area contributed by atoms with E-state index in [2.05, 4.69) is 5.10 Å². The highest BCUT2D eigenvalue weighted by Crippen LogP contribution is 2.17. The summed E-state index contributed by atoms with van der Waals surface area (Å²) in [5, 5.41) is 4.10. The molecule has 4 heteroatoms. The molecule has 0 saturated carbocycles. The van der Waals surface area contributed by atoms with E-state index in [4.69, 9.17) is 5.73 Å². The Morgan fingerprint density at radius 2 is 2.24 bits per heavy atom. The Bertz CT molecular complexity index is 493. The fraction of sp³-hybridized carbons (Fsp3) is 0.308. The maximum atomic E-state index is 13.0. The summed E-state index contributed by atoms with van der Waals surface area (Å²) in [6.45, 7) is 0. The number of nitrogens with zero attached hydrogens (tertiary/aromatic N) is 2. The third-order valence-electron chi connectivity index (χ3n) is 2.91. The third kappa shape index (κ3) is 2.91. The minimum atomic E-state index is -0.238.